The minimum Gasteiger partial charge on any atom is -0.296 e. The van der Waals surface area contributed by atoms with E-state index in [2.05, 4.69) is 4.98 Å². The summed E-state index contributed by atoms with van der Waals surface area (Å²) in [6, 6.07) is 9.48. The predicted octanol–water partition coefficient (Wildman–Crippen LogP) is 2.34. The van der Waals surface area contributed by atoms with Crippen molar-refractivity contribution in [3.8, 4) is 5.69 Å². The van der Waals surface area contributed by atoms with Crippen LogP contribution in [0.2, 0.25) is 5.15 Å². The van der Waals surface area contributed by atoms with Crippen LogP contribution in [0, 0.1) is 0 Å². The fourth-order valence-electron chi connectivity index (χ4n) is 1.19. The van der Waals surface area contributed by atoms with Gasteiger partial charge in [-0.2, -0.15) is 0 Å². The molecule has 0 unspecified atom stereocenters. The third kappa shape index (κ3) is 1.42. The molecule has 0 radical (unpaired) electrons. The van der Waals surface area contributed by atoms with Crippen molar-refractivity contribution in [1.29, 1.82) is 0 Å². The van der Waals surface area contributed by atoms with Gasteiger partial charge in [-0.15, -0.1) is 0 Å². The minimum atomic E-state index is 0.260. The number of aromatic nitrogens is 2. The molecule has 1 heterocycles. The summed E-state index contributed by atoms with van der Waals surface area (Å²) in [6.07, 6.45) is 2.17. The number of imidazole rings is 1. The summed E-state index contributed by atoms with van der Waals surface area (Å²) < 4.78 is 1.66. The highest BCUT2D eigenvalue weighted by Crippen LogP contribution is 2.18. The molecule has 70 valence electrons. The first kappa shape index (κ1) is 8.97. The van der Waals surface area contributed by atoms with E-state index in [0.717, 1.165) is 5.69 Å². The van der Waals surface area contributed by atoms with Gasteiger partial charge >= 0.3 is 0 Å². The van der Waals surface area contributed by atoms with E-state index in [-0.39, 0.29) is 5.69 Å². The van der Waals surface area contributed by atoms with Crippen LogP contribution in [0.3, 0.4) is 0 Å². The summed E-state index contributed by atoms with van der Waals surface area (Å²) in [5.41, 5.74) is 1.15. The summed E-state index contributed by atoms with van der Waals surface area (Å²) in [5.74, 6) is 0. The van der Waals surface area contributed by atoms with Crippen LogP contribution in [-0.4, -0.2) is 15.8 Å². The molecule has 0 spiro atoms. The number of aldehydes is 1. The minimum absolute atomic E-state index is 0.260. The topological polar surface area (TPSA) is 34.9 Å². The van der Waals surface area contributed by atoms with Crippen LogP contribution in [0.25, 0.3) is 5.69 Å². The number of hydrogen-bond acceptors (Lipinski definition) is 2. The highest BCUT2D eigenvalue weighted by Gasteiger charge is 2.07. The lowest BCUT2D eigenvalue weighted by Gasteiger charge is -2.01. The summed E-state index contributed by atoms with van der Waals surface area (Å²) >= 11 is 5.93. The Labute approximate surface area is 86.0 Å². The van der Waals surface area contributed by atoms with Gasteiger partial charge in [0.2, 0.25) is 0 Å². The number of halogens is 1. The predicted molar refractivity (Wildman–Crippen MR) is 54.0 cm³/mol. The van der Waals surface area contributed by atoms with E-state index >= 15 is 0 Å². The van der Waals surface area contributed by atoms with E-state index in [1.807, 2.05) is 30.3 Å². The molecule has 2 aromatic rings. The van der Waals surface area contributed by atoms with Crippen LogP contribution >= 0.6 is 11.6 Å². The lowest BCUT2D eigenvalue weighted by atomic mass is 10.3. The maximum Gasteiger partial charge on any atom is 0.171 e. The quantitative estimate of drug-likeness (QED) is 0.707. The third-order valence-corrected chi connectivity index (χ3v) is 2.26. The molecule has 0 bridgehead atoms. The van der Waals surface area contributed by atoms with Gasteiger partial charge in [-0.3, -0.25) is 9.36 Å². The fraction of sp³-hybridized carbons (Fsp3) is 0. The Bertz CT molecular complexity index is 450. The second kappa shape index (κ2) is 3.64. The largest absolute Gasteiger partial charge is 0.296 e. The van der Waals surface area contributed by atoms with Crippen LogP contribution in [0.15, 0.2) is 36.7 Å². The normalized spacial score (nSPS) is 10.1. The van der Waals surface area contributed by atoms with Gasteiger partial charge in [0.25, 0.3) is 0 Å². The molecule has 0 amide bonds. The zero-order chi connectivity index (χ0) is 9.97. The molecule has 0 saturated carbocycles. The molecule has 2 rings (SSSR count). The molecule has 4 heteroatoms. The van der Waals surface area contributed by atoms with Crippen LogP contribution in [0.4, 0.5) is 0 Å². The maximum atomic E-state index is 10.5. The SMILES string of the molecule is O=Cc1ncn(-c2ccccc2)c1Cl. The van der Waals surface area contributed by atoms with Gasteiger partial charge in [0.05, 0.1) is 0 Å². The van der Waals surface area contributed by atoms with E-state index in [1.54, 1.807) is 4.57 Å². The Balaban J connectivity index is 2.53. The monoisotopic (exact) mass is 206 g/mol. The molecule has 0 atom stereocenters. The first-order valence-corrected chi connectivity index (χ1v) is 4.44. The van der Waals surface area contributed by atoms with Crippen molar-refractivity contribution in [3.05, 3.63) is 47.5 Å². The summed E-state index contributed by atoms with van der Waals surface area (Å²) in [6.45, 7) is 0. The van der Waals surface area contributed by atoms with Gasteiger partial charge < -0.3 is 0 Å². The van der Waals surface area contributed by atoms with E-state index in [0.29, 0.717) is 11.4 Å². The summed E-state index contributed by atoms with van der Waals surface area (Å²) in [4.78, 5) is 14.4. The van der Waals surface area contributed by atoms with Gasteiger partial charge in [0, 0.05) is 5.69 Å². The Kier molecular flexibility index (Phi) is 2.33. The highest BCUT2D eigenvalue weighted by atomic mass is 35.5. The Hall–Kier alpha value is -1.61. The fourth-order valence-corrected chi connectivity index (χ4v) is 1.43. The van der Waals surface area contributed by atoms with Crippen molar-refractivity contribution in [1.82, 2.24) is 9.55 Å². The van der Waals surface area contributed by atoms with E-state index in [4.69, 9.17) is 11.6 Å². The van der Waals surface area contributed by atoms with Crippen LogP contribution in [-0.2, 0) is 0 Å². The Morgan fingerprint density at radius 2 is 2.00 bits per heavy atom. The molecule has 3 nitrogen and oxygen atoms in total. The van der Waals surface area contributed by atoms with Gasteiger partial charge in [0.1, 0.15) is 17.2 Å². The summed E-state index contributed by atoms with van der Waals surface area (Å²) in [5, 5.41) is 0.339. The molecular weight excluding hydrogens is 200 g/mol. The first-order valence-electron chi connectivity index (χ1n) is 4.06. The molecule has 0 aliphatic rings. The molecule has 0 aliphatic carbocycles. The molecule has 1 aromatic heterocycles. The Morgan fingerprint density at radius 1 is 1.29 bits per heavy atom. The lowest BCUT2D eigenvalue weighted by molar-refractivity contribution is 0.111. The zero-order valence-electron chi connectivity index (χ0n) is 7.22. The smallest absolute Gasteiger partial charge is 0.171 e. The average molecular weight is 207 g/mol. The molecule has 0 saturated heterocycles. The third-order valence-electron chi connectivity index (χ3n) is 1.88. The van der Waals surface area contributed by atoms with Crippen molar-refractivity contribution in [2.45, 2.75) is 0 Å². The van der Waals surface area contributed by atoms with Gasteiger partial charge in [0.15, 0.2) is 6.29 Å². The zero-order valence-corrected chi connectivity index (χ0v) is 7.98. The van der Waals surface area contributed by atoms with Crippen LogP contribution in [0.5, 0.6) is 0 Å². The summed E-state index contributed by atoms with van der Waals surface area (Å²) in [7, 11) is 0. The number of hydrogen-bond donors (Lipinski definition) is 0. The van der Waals surface area contributed by atoms with Gasteiger partial charge in [-0.05, 0) is 12.1 Å². The van der Waals surface area contributed by atoms with Crippen LogP contribution < -0.4 is 0 Å². The van der Waals surface area contributed by atoms with Gasteiger partial charge in [-0.25, -0.2) is 4.98 Å². The number of carbonyl (C=O) groups is 1. The van der Waals surface area contributed by atoms with Crippen molar-refractivity contribution < 1.29 is 4.79 Å². The number of carbonyl (C=O) groups excluding carboxylic acids is 1. The Morgan fingerprint density at radius 3 is 2.57 bits per heavy atom. The number of benzene rings is 1. The number of rotatable bonds is 2. The van der Waals surface area contributed by atoms with Crippen molar-refractivity contribution in [2.24, 2.45) is 0 Å². The molecule has 0 N–H and O–H groups in total. The van der Waals surface area contributed by atoms with Crippen molar-refractivity contribution in [2.75, 3.05) is 0 Å². The maximum absolute atomic E-state index is 10.5. The second-order valence-electron chi connectivity index (χ2n) is 2.74. The molecule has 14 heavy (non-hydrogen) atoms. The second-order valence-corrected chi connectivity index (χ2v) is 3.10. The molecule has 0 fully saturated rings. The molecule has 0 aliphatic heterocycles. The highest BCUT2D eigenvalue weighted by molar-refractivity contribution is 6.31. The number of nitrogens with zero attached hydrogens (tertiary/aromatic N) is 2. The van der Waals surface area contributed by atoms with Crippen molar-refractivity contribution >= 4 is 17.9 Å². The van der Waals surface area contributed by atoms with E-state index in [9.17, 15) is 4.79 Å². The number of para-hydroxylation sites is 1. The average Bonchev–Trinajstić information content (AvgIpc) is 2.61. The molecule has 1 aromatic carbocycles. The molecular formula is C10H7ClN2O. The lowest BCUT2D eigenvalue weighted by Crippen LogP contribution is -1.91. The van der Waals surface area contributed by atoms with Crippen molar-refractivity contribution in [3.63, 3.8) is 0 Å². The van der Waals surface area contributed by atoms with E-state index < -0.39 is 0 Å². The van der Waals surface area contributed by atoms with Crippen LogP contribution in [0.1, 0.15) is 10.5 Å². The first-order chi connectivity index (χ1) is 6.83. The standard InChI is InChI=1S/C10H7ClN2O/c11-10-9(6-14)12-7-13(10)8-4-2-1-3-5-8/h1-7H. The van der Waals surface area contributed by atoms with E-state index in [1.165, 1.54) is 6.33 Å². The van der Waals surface area contributed by atoms with Gasteiger partial charge in [-0.1, -0.05) is 29.8 Å².